The van der Waals surface area contributed by atoms with Gasteiger partial charge in [0.25, 0.3) is 0 Å². The number of aromatic nitrogens is 3. The number of hydrogen-bond donors (Lipinski definition) is 2. The summed E-state index contributed by atoms with van der Waals surface area (Å²) in [5.74, 6) is 1.37. The van der Waals surface area contributed by atoms with E-state index in [2.05, 4.69) is 40.1 Å². The fourth-order valence-corrected chi connectivity index (χ4v) is 9.83. The molecular weight excluding hydrogens is 651 g/mol. The Morgan fingerprint density at radius 2 is 1.77 bits per heavy atom. The summed E-state index contributed by atoms with van der Waals surface area (Å²) >= 11 is 0. The van der Waals surface area contributed by atoms with Crippen molar-refractivity contribution >= 4 is 11.7 Å². The lowest BCUT2D eigenvalue weighted by Crippen LogP contribution is -2.75. The Morgan fingerprint density at radius 1 is 1.02 bits per heavy atom. The molecule has 5 aliphatic rings. The number of piperidine rings is 1. The van der Waals surface area contributed by atoms with Gasteiger partial charge < -0.3 is 19.9 Å². The van der Waals surface area contributed by atoms with Crippen molar-refractivity contribution in [1.82, 2.24) is 19.9 Å². The van der Waals surface area contributed by atoms with Gasteiger partial charge in [-0.15, -0.1) is 5.10 Å². The van der Waals surface area contributed by atoms with Crippen LogP contribution in [0.2, 0.25) is 0 Å². The number of anilines is 1. The van der Waals surface area contributed by atoms with Gasteiger partial charge in [0.1, 0.15) is 11.8 Å². The summed E-state index contributed by atoms with van der Waals surface area (Å²) in [5.41, 5.74) is 4.07. The second-order valence-electron chi connectivity index (χ2n) is 16.4. The van der Waals surface area contributed by atoms with Gasteiger partial charge >= 0.3 is 5.97 Å². The number of aliphatic hydroxyl groups is 1. The first-order chi connectivity index (χ1) is 25.4. The number of ether oxygens (including phenoxy) is 2. The molecule has 2 aliphatic heterocycles. The molecule has 2 aromatic carbocycles. The number of carbonyl (C=O) groups is 1. The van der Waals surface area contributed by atoms with E-state index in [9.17, 15) is 9.90 Å². The molecule has 52 heavy (non-hydrogen) atoms. The predicted octanol–water partition coefficient (Wildman–Crippen LogP) is 8.15. The van der Waals surface area contributed by atoms with Crippen molar-refractivity contribution in [3.8, 4) is 11.5 Å². The summed E-state index contributed by atoms with van der Waals surface area (Å²) in [4.78, 5) is 16.1. The Morgan fingerprint density at radius 3 is 2.52 bits per heavy atom. The van der Waals surface area contributed by atoms with Crippen LogP contribution in [-0.2, 0) is 24.9 Å². The van der Waals surface area contributed by atoms with E-state index in [4.69, 9.17) is 9.47 Å². The summed E-state index contributed by atoms with van der Waals surface area (Å²) in [6, 6.07) is 11.4. The molecule has 3 aliphatic carbocycles. The average molecular weight is 708 g/mol. The van der Waals surface area contributed by atoms with Gasteiger partial charge in [-0.1, -0.05) is 82.6 Å². The van der Waals surface area contributed by atoms with Crippen molar-refractivity contribution in [2.24, 2.45) is 5.92 Å². The highest BCUT2D eigenvalue weighted by atomic mass is 16.6. The number of unbranched alkanes of at least 4 members (excludes halogenated alkanes) is 9. The number of carbonyl (C=O) groups excluding carboxylic acids is 1. The number of esters is 1. The van der Waals surface area contributed by atoms with Crippen LogP contribution in [0.25, 0.3) is 0 Å². The van der Waals surface area contributed by atoms with Crippen LogP contribution >= 0.6 is 0 Å². The zero-order chi connectivity index (χ0) is 35.7. The summed E-state index contributed by atoms with van der Waals surface area (Å²) in [6.07, 6.45) is 20.5. The van der Waals surface area contributed by atoms with Crippen LogP contribution < -0.4 is 14.8 Å². The number of hydrogen-bond acceptors (Lipinski definition) is 8. The molecule has 0 amide bonds. The normalized spacial score (nSPS) is 25.8. The number of rotatable bonds is 18. The van der Waals surface area contributed by atoms with Crippen LogP contribution in [0.3, 0.4) is 0 Å². The molecule has 3 heterocycles. The molecule has 4 atom stereocenters. The number of nitrogens with zero attached hydrogens (tertiary/aromatic N) is 4. The van der Waals surface area contributed by atoms with Gasteiger partial charge in [0, 0.05) is 30.4 Å². The van der Waals surface area contributed by atoms with Gasteiger partial charge in [-0.25, -0.2) is 4.79 Å². The third-order valence-electron chi connectivity index (χ3n) is 12.8. The minimum atomic E-state index is -0.892. The van der Waals surface area contributed by atoms with Crippen LogP contribution in [0.15, 0.2) is 54.7 Å². The van der Waals surface area contributed by atoms with E-state index in [1.807, 2.05) is 29.1 Å². The van der Waals surface area contributed by atoms with Crippen molar-refractivity contribution in [1.29, 1.82) is 0 Å². The van der Waals surface area contributed by atoms with E-state index in [1.54, 1.807) is 12.1 Å². The molecule has 2 saturated carbocycles. The minimum Gasteiger partial charge on any atom is -0.481 e. The van der Waals surface area contributed by atoms with E-state index in [0.717, 1.165) is 73.8 Å². The molecule has 0 radical (unpaired) electrons. The van der Waals surface area contributed by atoms with Gasteiger partial charge in [-0.2, -0.15) is 0 Å². The highest BCUT2D eigenvalue weighted by molar-refractivity contribution is 5.92. The molecule has 3 fully saturated rings. The Bertz CT molecular complexity index is 1750. The molecule has 278 valence electrons. The topological polar surface area (TPSA) is 102 Å². The van der Waals surface area contributed by atoms with E-state index < -0.39 is 17.0 Å². The lowest BCUT2D eigenvalue weighted by molar-refractivity contribution is -0.174. The maximum absolute atomic E-state index is 13.5. The Hall–Kier alpha value is -3.69. The number of aryl methyl sites for hydroxylation is 1. The second kappa shape index (κ2) is 15.0. The maximum atomic E-state index is 13.5. The molecule has 3 aromatic rings. The van der Waals surface area contributed by atoms with Crippen molar-refractivity contribution in [2.45, 2.75) is 146 Å². The largest absolute Gasteiger partial charge is 0.481 e. The second-order valence-corrected chi connectivity index (χ2v) is 16.4. The van der Waals surface area contributed by atoms with Crippen molar-refractivity contribution in [3.63, 3.8) is 0 Å². The SMILES string of the molecule is C=C1CCC2(O)C3Cc4ccc(OC(=O)c5ccc(NCc6cn(CCCCCCCCCCCC)nn6)cc5)c5c4[C@@]2(CCN3CC2CC2)[C@H]1O5. The zero-order valence-corrected chi connectivity index (χ0v) is 31.1. The van der Waals surface area contributed by atoms with E-state index >= 15 is 0 Å². The molecule has 9 heteroatoms. The first-order valence-electron chi connectivity index (χ1n) is 20.3. The highest BCUT2D eigenvalue weighted by Gasteiger charge is 2.72. The molecule has 2 unspecified atom stereocenters. The van der Waals surface area contributed by atoms with Crippen LogP contribution in [-0.4, -0.2) is 61.8 Å². The quantitative estimate of drug-likeness (QED) is 0.0592. The van der Waals surface area contributed by atoms with Crippen molar-refractivity contribution in [3.05, 3.63) is 77.1 Å². The zero-order valence-electron chi connectivity index (χ0n) is 31.1. The first kappa shape index (κ1) is 35.3. The van der Waals surface area contributed by atoms with E-state index in [-0.39, 0.29) is 12.1 Å². The van der Waals surface area contributed by atoms with Gasteiger partial charge in [-0.3, -0.25) is 9.58 Å². The molecule has 2 bridgehead atoms. The van der Waals surface area contributed by atoms with Crippen LogP contribution in [0, 0.1) is 5.92 Å². The fraction of sp³-hybridized carbons (Fsp3) is 0.605. The van der Waals surface area contributed by atoms with E-state index in [1.165, 1.54) is 76.2 Å². The van der Waals surface area contributed by atoms with Gasteiger partial charge in [0.2, 0.25) is 0 Å². The summed E-state index contributed by atoms with van der Waals surface area (Å²) in [5, 5.41) is 24.7. The Balaban J connectivity index is 0.856. The maximum Gasteiger partial charge on any atom is 0.343 e. The van der Waals surface area contributed by atoms with Crippen molar-refractivity contribution < 1.29 is 19.4 Å². The monoisotopic (exact) mass is 707 g/mol. The summed E-state index contributed by atoms with van der Waals surface area (Å²) < 4.78 is 14.7. The number of likely N-dealkylation sites (tertiary alicyclic amines) is 1. The fourth-order valence-electron chi connectivity index (χ4n) is 9.83. The lowest BCUT2D eigenvalue weighted by Gasteiger charge is -2.63. The molecule has 1 spiro atoms. The van der Waals surface area contributed by atoms with Gasteiger partial charge in [0.15, 0.2) is 11.5 Å². The minimum absolute atomic E-state index is 0.0707. The smallest absolute Gasteiger partial charge is 0.343 e. The van der Waals surface area contributed by atoms with E-state index in [0.29, 0.717) is 30.0 Å². The Labute approximate surface area is 309 Å². The predicted molar refractivity (Wildman–Crippen MR) is 203 cm³/mol. The first-order valence-corrected chi connectivity index (χ1v) is 20.3. The molecular formula is C43H57N5O4. The standard InChI is InChI=1S/C43H57N5O4/c1-3-4-5-6-7-8-9-10-11-12-24-48-29-35(45-46-48)27-44-34-18-15-32(16-19-34)41(49)51-36-20-17-33-26-37-43(50)22-21-30(2)40-42(43,38(33)39(36)52-40)23-25-47(37)28-31-13-14-31/h15-20,29,31,37,40,44,50H,2-14,21-28H2,1H3/t37?,40-,42-,43?/m0/s1. The Kier molecular flexibility index (Phi) is 10.2. The average Bonchev–Trinajstić information content (AvgIpc) is 3.72. The van der Waals surface area contributed by atoms with Gasteiger partial charge in [0.05, 0.1) is 29.3 Å². The lowest BCUT2D eigenvalue weighted by atomic mass is 9.48. The van der Waals surface area contributed by atoms with Crippen molar-refractivity contribution in [2.75, 3.05) is 18.4 Å². The molecule has 1 aromatic heterocycles. The third kappa shape index (κ3) is 6.68. The van der Waals surface area contributed by atoms with Gasteiger partial charge in [-0.05, 0) is 98.9 Å². The molecule has 2 N–H and O–H groups in total. The molecule has 9 nitrogen and oxygen atoms in total. The number of nitrogens with one attached hydrogen (secondary N) is 1. The van der Waals surface area contributed by atoms with Crippen LogP contribution in [0.1, 0.15) is 130 Å². The van der Waals surface area contributed by atoms with Crippen LogP contribution in [0.5, 0.6) is 11.5 Å². The highest BCUT2D eigenvalue weighted by Crippen LogP contribution is 2.66. The third-order valence-corrected chi connectivity index (χ3v) is 12.8. The molecule has 8 rings (SSSR count). The summed E-state index contributed by atoms with van der Waals surface area (Å²) in [6.45, 7) is 10.2. The van der Waals surface area contributed by atoms with Crippen LogP contribution in [0.4, 0.5) is 5.69 Å². The number of benzene rings is 2. The summed E-state index contributed by atoms with van der Waals surface area (Å²) in [7, 11) is 0. The molecule has 1 saturated heterocycles.